The molecule has 0 bridgehead atoms. The summed E-state index contributed by atoms with van der Waals surface area (Å²) in [6.07, 6.45) is 3.83. The van der Waals surface area contributed by atoms with Gasteiger partial charge in [-0.3, -0.25) is 9.89 Å². The molecule has 0 atom stereocenters. The van der Waals surface area contributed by atoms with Crippen LogP contribution in [-0.2, 0) is 0 Å². The fourth-order valence-corrected chi connectivity index (χ4v) is 1.61. The van der Waals surface area contributed by atoms with E-state index >= 15 is 0 Å². The summed E-state index contributed by atoms with van der Waals surface area (Å²) >= 11 is 0. The number of fused-ring (bicyclic) bond motifs is 1. The third-order valence-corrected chi connectivity index (χ3v) is 2.94. The Morgan fingerprint density at radius 1 is 1.64 bits per heavy atom. The van der Waals surface area contributed by atoms with Crippen LogP contribution >= 0.6 is 0 Å². The van der Waals surface area contributed by atoms with Gasteiger partial charge in [-0.1, -0.05) is 6.92 Å². The second-order valence-electron chi connectivity index (χ2n) is 4.20. The lowest BCUT2D eigenvalue weighted by Crippen LogP contribution is -2.13. The highest BCUT2D eigenvalue weighted by molar-refractivity contribution is 5.99. The van der Waals surface area contributed by atoms with Crippen molar-refractivity contribution >= 4 is 11.4 Å². The number of nitrogens with one attached hydrogen (secondary N) is 1. The van der Waals surface area contributed by atoms with Crippen LogP contribution in [0.15, 0.2) is 18.3 Å². The summed E-state index contributed by atoms with van der Waals surface area (Å²) in [6.45, 7) is 1.99. The fourth-order valence-electron chi connectivity index (χ4n) is 1.61. The molecule has 3 rings (SSSR count). The van der Waals surface area contributed by atoms with Gasteiger partial charge in [-0.15, -0.1) is 0 Å². The topological polar surface area (TPSA) is 50.2 Å². The highest BCUT2D eigenvalue weighted by atomic mass is 16.1. The number of carbonyl (C=O) groups is 1. The molecule has 4 nitrogen and oxygen atoms in total. The third kappa shape index (κ3) is 0.937. The normalized spacial score (nSPS) is 18.6. The maximum Gasteiger partial charge on any atom is 0.205 e. The summed E-state index contributed by atoms with van der Waals surface area (Å²) in [5.41, 5.74) is 0.660. The number of ketones is 1. The van der Waals surface area contributed by atoms with E-state index in [0.29, 0.717) is 5.82 Å². The second-order valence-corrected chi connectivity index (χ2v) is 4.20. The molecule has 14 heavy (non-hydrogen) atoms. The molecule has 2 aromatic rings. The van der Waals surface area contributed by atoms with Crippen LogP contribution in [0.4, 0.5) is 0 Å². The fraction of sp³-hybridized carbons (Fsp3) is 0.400. The number of aromatic amines is 1. The first-order valence-corrected chi connectivity index (χ1v) is 4.77. The minimum absolute atomic E-state index is 0.140. The van der Waals surface area contributed by atoms with E-state index in [2.05, 4.69) is 10.1 Å². The zero-order chi connectivity index (χ0) is 9.76. The molecule has 1 fully saturated rings. The van der Waals surface area contributed by atoms with E-state index in [1.54, 1.807) is 4.52 Å². The summed E-state index contributed by atoms with van der Waals surface area (Å²) < 4.78 is 1.76. The average molecular weight is 189 g/mol. The predicted octanol–water partition coefficient (Wildman–Crippen LogP) is 1.65. The van der Waals surface area contributed by atoms with Crippen LogP contribution in [0.2, 0.25) is 0 Å². The van der Waals surface area contributed by atoms with Gasteiger partial charge in [0.15, 0.2) is 11.5 Å². The summed E-state index contributed by atoms with van der Waals surface area (Å²) in [5, 5.41) is 2.98. The molecule has 72 valence electrons. The summed E-state index contributed by atoms with van der Waals surface area (Å²) in [5.74, 6) is 0.627. The van der Waals surface area contributed by atoms with Gasteiger partial charge in [0, 0.05) is 11.6 Å². The lowest BCUT2D eigenvalue weighted by atomic mass is 10.0. The van der Waals surface area contributed by atoms with Crippen LogP contribution in [0.3, 0.4) is 0 Å². The van der Waals surface area contributed by atoms with Crippen molar-refractivity contribution in [1.82, 2.24) is 14.6 Å². The summed E-state index contributed by atoms with van der Waals surface area (Å²) in [7, 11) is 0. The Morgan fingerprint density at radius 3 is 3.07 bits per heavy atom. The highest BCUT2D eigenvalue weighted by Crippen LogP contribution is 2.47. The van der Waals surface area contributed by atoms with Crippen molar-refractivity contribution in [2.24, 2.45) is 5.41 Å². The standard InChI is InChI=1S/C10H11N3O/c1-10(4-5-10)8(14)9-11-7-3-2-6-13(7)12-9/h2-3,6H,4-5H2,1H3,(H,11,12). The molecule has 0 aliphatic heterocycles. The van der Waals surface area contributed by atoms with E-state index < -0.39 is 0 Å². The first kappa shape index (κ1) is 7.79. The van der Waals surface area contributed by atoms with Gasteiger partial charge in [-0.05, 0) is 25.0 Å². The zero-order valence-corrected chi connectivity index (χ0v) is 7.95. The number of nitrogens with zero attached hydrogens (tertiary/aromatic N) is 2. The van der Waals surface area contributed by atoms with Crippen LogP contribution in [0.25, 0.3) is 5.65 Å². The van der Waals surface area contributed by atoms with Crippen molar-refractivity contribution in [1.29, 1.82) is 0 Å². The monoisotopic (exact) mass is 189 g/mol. The molecule has 0 unspecified atom stereocenters. The molecular formula is C10H11N3O. The van der Waals surface area contributed by atoms with Crippen molar-refractivity contribution in [3.05, 3.63) is 24.2 Å². The molecular weight excluding hydrogens is 178 g/mol. The Bertz CT molecular complexity index is 476. The lowest BCUT2D eigenvalue weighted by Gasteiger charge is -2.01. The second kappa shape index (κ2) is 2.26. The average Bonchev–Trinajstić information content (AvgIpc) is 2.63. The molecule has 0 spiro atoms. The van der Waals surface area contributed by atoms with Gasteiger partial charge < -0.3 is 0 Å². The maximum atomic E-state index is 11.9. The van der Waals surface area contributed by atoms with Crippen molar-refractivity contribution in [2.75, 3.05) is 0 Å². The first-order valence-electron chi connectivity index (χ1n) is 4.77. The number of aromatic nitrogens is 3. The Labute approximate surface area is 80.9 Å². The summed E-state index contributed by atoms with van der Waals surface area (Å²) in [6, 6.07) is 3.77. The van der Waals surface area contributed by atoms with Gasteiger partial charge in [0.25, 0.3) is 0 Å². The SMILES string of the molecule is CC1(C(=O)c2nc3cccn3[nH]2)CC1. The van der Waals surface area contributed by atoms with Gasteiger partial charge in [0.1, 0.15) is 0 Å². The molecule has 0 amide bonds. The molecule has 2 heterocycles. The van der Waals surface area contributed by atoms with Crippen LogP contribution in [0, 0.1) is 5.41 Å². The van der Waals surface area contributed by atoms with Gasteiger partial charge in [0.2, 0.25) is 5.78 Å². The largest absolute Gasteiger partial charge is 0.290 e. The maximum absolute atomic E-state index is 11.9. The molecule has 0 saturated heterocycles. The quantitative estimate of drug-likeness (QED) is 0.730. The van der Waals surface area contributed by atoms with Gasteiger partial charge in [-0.25, -0.2) is 9.50 Å². The Hall–Kier alpha value is -1.58. The number of hydrogen-bond acceptors (Lipinski definition) is 2. The first-order chi connectivity index (χ1) is 6.69. The molecule has 2 aromatic heterocycles. The predicted molar refractivity (Wildman–Crippen MR) is 51.2 cm³/mol. The van der Waals surface area contributed by atoms with E-state index in [-0.39, 0.29) is 11.2 Å². The molecule has 1 aliphatic rings. The molecule has 0 radical (unpaired) electrons. The van der Waals surface area contributed by atoms with E-state index in [4.69, 9.17) is 0 Å². The molecule has 4 heteroatoms. The molecule has 1 N–H and O–H groups in total. The van der Waals surface area contributed by atoms with Gasteiger partial charge in [0.05, 0.1) is 0 Å². The van der Waals surface area contributed by atoms with Crippen molar-refractivity contribution in [2.45, 2.75) is 19.8 Å². The van der Waals surface area contributed by atoms with E-state index in [1.807, 2.05) is 25.3 Å². The van der Waals surface area contributed by atoms with E-state index in [9.17, 15) is 4.79 Å². The smallest absolute Gasteiger partial charge is 0.205 e. The summed E-state index contributed by atoms with van der Waals surface area (Å²) in [4.78, 5) is 16.1. The Morgan fingerprint density at radius 2 is 2.43 bits per heavy atom. The Balaban J connectivity index is 2.06. The van der Waals surface area contributed by atoms with E-state index in [0.717, 1.165) is 18.5 Å². The minimum Gasteiger partial charge on any atom is -0.290 e. The van der Waals surface area contributed by atoms with Gasteiger partial charge in [-0.2, -0.15) is 0 Å². The van der Waals surface area contributed by atoms with Crippen LogP contribution in [-0.4, -0.2) is 20.4 Å². The van der Waals surface area contributed by atoms with Crippen molar-refractivity contribution in [3.8, 4) is 0 Å². The highest BCUT2D eigenvalue weighted by Gasteiger charge is 2.46. The minimum atomic E-state index is -0.143. The lowest BCUT2D eigenvalue weighted by molar-refractivity contribution is 0.0902. The van der Waals surface area contributed by atoms with Crippen LogP contribution in [0.5, 0.6) is 0 Å². The molecule has 1 aliphatic carbocycles. The number of H-pyrrole nitrogens is 1. The number of carbonyl (C=O) groups excluding carboxylic acids is 1. The zero-order valence-electron chi connectivity index (χ0n) is 7.95. The third-order valence-electron chi connectivity index (χ3n) is 2.94. The molecule has 1 saturated carbocycles. The Kier molecular flexibility index (Phi) is 1.26. The number of hydrogen-bond donors (Lipinski definition) is 1. The number of Topliss-reactive ketones (excluding diaryl/α,β-unsaturated/α-hetero) is 1. The van der Waals surface area contributed by atoms with Crippen LogP contribution < -0.4 is 0 Å². The van der Waals surface area contributed by atoms with E-state index in [1.165, 1.54) is 0 Å². The van der Waals surface area contributed by atoms with Crippen LogP contribution in [0.1, 0.15) is 30.4 Å². The van der Waals surface area contributed by atoms with Gasteiger partial charge >= 0.3 is 0 Å². The van der Waals surface area contributed by atoms with Crippen molar-refractivity contribution in [3.63, 3.8) is 0 Å². The molecule has 0 aromatic carbocycles. The number of rotatable bonds is 2. The van der Waals surface area contributed by atoms with Crippen molar-refractivity contribution < 1.29 is 4.79 Å².